The molecule has 1 aliphatic heterocycles. The molecule has 0 aromatic carbocycles. The first-order valence-electron chi connectivity index (χ1n) is 6.64. The Bertz CT molecular complexity index is 464. The Balaban J connectivity index is 1.90. The molecule has 1 aromatic heterocycles. The molecular formula is C14H18N2O4. The first kappa shape index (κ1) is 14.5. The zero-order valence-corrected chi connectivity index (χ0v) is 11.2. The molecule has 0 bridgehead atoms. The van der Waals surface area contributed by atoms with Crippen LogP contribution >= 0.6 is 0 Å². The van der Waals surface area contributed by atoms with Crippen LogP contribution in [-0.2, 0) is 20.7 Å². The average molecular weight is 278 g/mol. The van der Waals surface area contributed by atoms with Gasteiger partial charge < -0.3 is 14.7 Å². The van der Waals surface area contributed by atoms with Crippen LogP contribution in [-0.4, -0.2) is 52.7 Å². The molecule has 0 aliphatic carbocycles. The Kier molecular flexibility index (Phi) is 5.06. The number of carbonyl (C=O) groups is 2. The van der Waals surface area contributed by atoms with Crippen LogP contribution < -0.4 is 0 Å². The lowest BCUT2D eigenvalue weighted by molar-refractivity contribution is -0.146. The molecule has 1 aliphatic rings. The van der Waals surface area contributed by atoms with Crippen molar-refractivity contribution in [3.63, 3.8) is 0 Å². The van der Waals surface area contributed by atoms with Gasteiger partial charge in [-0.05, 0) is 18.1 Å². The highest BCUT2D eigenvalue weighted by Gasteiger charge is 2.28. The van der Waals surface area contributed by atoms with Crippen LogP contribution in [0.25, 0.3) is 0 Å². The van der Waals surface area contributed by atoms with Crippen molar-refractivity contribution in [1.82, 2.24) is 9.88 Å². The summed E-state index contributed by atoms with van der Waals surface area (Å²) >= 11 is 0. The van der Waals surface area contributed by atoms with Crippen LogP contribution in [0.15, 0.2) is 24.5 Å². The third kappa shape index (κ3) is 4.03. The van der Waals surface area contributed by atoms with E-state index in [1.807, 2.05) is 12.1 Å². The maximum absolute atomic E-state index is 12.2. The van der Waals surface area contributed by atoms with E-state index in [0.717, 1.165) is 5.56 Å². The number of carboxylic acid groups (broad SMARTS) is 1. The van der Waals surface area contributed by atoms with E-state index in [4.69, 9.17) is 9.84 Å². The lowest BCUT2D eigenvalue weighted by Gasteiger charge is -2.35. The number of aliphatic carboxylic acids is 1. The van der Waals surface area contributed by atoms with E-state index >= 15 is 0 Å². The minimum atomic E-state index is -0.912. The molecule has 1 atom stereocenters. The van der Waals surface area contributed by atoms with Crippen LogP contribution in [0.4, 0.5) is 0 Å². The molecule has 1 amide bonds. The monoisotopic (exact) mass is 278 g/mol. The Morgan fingerprint density at radius 3 is 3.05 bits per heavy atom. The number of hydrogen-bond acceptors (Lipinski definition) is 4. The fourth-order valence-corrected chi connectivity index (χ4v) is 2.29. The van der Waals surface area contributed by atoms with Crippen LogP contribution in [0.1, 0.15) is 18.4 Å². The molecule has 6 heteroatoms. The summed E-state index contributed by atoms with van der Waals surface area (Å²) in [5, 5.41) is 8.87. The van der Waals surface area contributed by atoms with Crippen molar-refractivity contribution in [3.8, 4) is 0 Å². The lowest BCUT2D eigenvalue weighted by Crippen LogP contribution is -2.49. The van der Waals surface area contributed by atoms with E-state index in [2.05, 4.69) is 4.98 Å². The molecule has 1 aromatic rings. The van der Waals surface area contributed by atoms with Gasteiger partial charge in [-0.25, -0.2) is 0 Å². The lowest BCUT2D eigenvalue weighted by atomic mass is 10.1. The van der Waals surface area contributed by atoms with Gasteiger partial charge in [0.2, 0.25) is 5.91 Å². The van der Waals surface area contributed by atoms with E-state index in [1.165, 1.54) is 0 Å². The number of carbonyl (C=O) groups excluding carboxylic acids is 1. The van der Waals surface area contributed by atoms with Gasteiger partial charge >= 0.3 is 5.97 Å². The number of carboxylic acids is 1. The summed E-state index contributed by atoms with van der Waals surface area (Å²) in [6, 6.07) is 3.40. The molecule has 0 spiro atoms. The second kappa shape index (κ2) is 7.00. The predicted octanol–water partition coefficient (Wildman–Crippen LogP) is 0.716. The molecule has 6 nitrogen and oxygen atoms in total. The summed E-state index contributed by atoms with van der Waals surface area (Å²) in [6.45, 7) is 1.23. The molecule has 1 fully saturated rings. The molecule has 1 N–H and O–H groups in total. The molecule has 108 valence electrons. The zero-order chi connectivity index (χ0) is 14.4. The van der Waals surface area contributed by atoms with Crippen molar-refractivity contribution < 1.29 is 19.4 Å². The average Bonchev–Trinajstić information content (AvgIpc) is 2.46. The van der Waals surface area contributed by atoms with Crippen LogP contribution in [0, 0.1) is 0 Å². The summed E-state index contributed by atoms with van der Waals surface area (Å²) < 4.78 is 5.26. The Hall–Kier alpha value is -1.95. The summed E-state index contributed by atoms with van der Waals surface area (Å²) in [6.07, 6.45) is 4.34. The third-order valence-electron chi connectivity index (χ3n) is 3.31. The quantitative estimate of drug-likeness (QED) is 0.858. The van der Waals surface area contributed by atoms with Gasteiger partial charge in [0.1, 0.15) is 0 Å². The van der Waals surface area contributed by atoms with E-state index < -0.39 is 5.97 Å². The Morgan fingerprint density at radius 2 is 2.35 bits per heavy atom. The molecule has 0 radical (unpaired) electrons. The minimum Gasteiger partial charge on any atom is -0.481 e. The maximum Gasteiger partial charge on any atom is 0.305 e. The Morgan fingerprint density at radius 1 is 1.50 bits per heavy atom. The summed E-state index contributed by atoms with van der Waals surface area (Å²) in [4.78, 5) is 28.7. The van der Waals surface area contributed by atoms with Crippen molar-refractivity contribution in [2.45, 2.75) is 25.3 Å². The molecule has 1 saturated heterocycles. The third-order valence-corrected chi connectivity index (χ3v) is 3.31. The fraction of sp³-hybridized carbons (Fsp3) is 0.500. The molecule has 2 heterocycles. The number of amides is 1. The van der Waals surface area contributed by atoms with Gasteiger partial charge in [0.05, 0.1) is 25.7 Å². The molecule has 0 saturated carbocycles. The molecule has 20 heavy (non-hydrogen) atoms. The van der Waals surface area contributed by atoms with Crippen LogP contribution in [0.2, 0.25) is 0 Å². The molecule has 0 unspecified atom stereocenters. The van der Waals surface area contributed by atoms with E-state index in [9.17, 15) is 9.59 Å². The summed E-state index contributed by atoms with van der Waals surface area (Å²) in [5.41, 5.74) is 1.00. The van der Waals surface area contributed by atoms with Gasteiger partial charge in [0, 0.05) is 25.4 Å². The second-order valence-electron chi connectivity index (χ2n) is 4.78. The number of rotatable bonds is 5. The SMILES string of the molecule is O=C(O)C[C@@H]1COCCN1C(=O)CCc1cccnc1. The van der Waals surface area contributed by atoms with Crippen LogP contribution in [0.3, 0.4) is 0 Å². The summed E-state index contributed by atoms with van der Waals surface area (Å²) in [5.74, 6) is -0.936. The van der Waals surface area contributed by atoms with Crippen molar-refractivity contribution >= 4 is 11.9 Å². The van der Waals surface area contributed by atoms with E-state index in [0.29, 0.717) is 32.6 Å². The Labute approximate surface area is 117 Å². The highest BCUT2D eigenvalue weighted by molar-refractivity contribution is 5.78. The number of pyridine rings is 1. The van der Waals surface area contributed by atoms with Crippen LogP contribution in [0.5, 0.6) is 0 Å². The van der Waals surface area contributed by atoms with Gasteiger partial charge in [-0.1, -0.05) is 6.07 Å². The van der Waals surface area contributed by atoms with Crippen molar-refractivity contribution in [3.05, 3.63) is 30.1 Å². The van der Waals surface area contributed by atoms with E-state index in [-0.39, 0.29) is 18.4 Å². The highest BCUT2D eigenvalue weighted by Crippen LogP contribution is 2.13. The largest absolute Gasteiger partial charge is 0.481 e. The van der Waals surface area contributed by atoms with Gasteiger partial charge in [0.15, 0.2) is 0 Å². The van der Waals surface area contributed by atoms with Gasteiger partial charge in [-0.2, -0.15) is 0 Å². The number of nitrogens with zero attached hydrogens (tertiary/aromatic N) is 2. The predicted molar refractivity (Wildman–Crippen MR) is 71.1 cm³/mol. The topological polar surface area (TPSA) is 79.7 Å². The summed E-state index contributed by atoms with van der Waals surface area (Å²) in [7, 11) is 0. The number of morpholine rings is 1. The van der Waals surface area contributed by atoms with Gasteiger partial charge in [-0.3, -0.25) is 14.6 Å². The van der Waals surface area contributed by atoms with Gasteiger partial charge in [-0.15, -0.1) is 0 Å². The van der Waals surface area contributed by atoms with Crippen molar-refractivity contribution in [1.29, 1.82) is 0 Å². The first-order chi connectivity index (χ1) is 9.66. The van der Waals surface area contributed by atoms with E-state index in [1.54, 1.807) is 17.3 Å². The smallest absolute Gasteiger partial charge is 0.305 e. The number of aryl methyl sites for hydroxylation is 1. The van der Waals surface area contributed by atoms with Crippen molar-refractivity contribution in [2.75, 3.05) is 19.8 Å². The standard InChI is InChI=1S/C14H18N2O4/c17-13(4-3-11-2-1-5-15-9-11)16-6-7-20-10-12(16)8-14(18)19/h1-2,5,9,12H,3-4,6-8,10H2,(H,18,19)/t12-/m1/s1. The highest BCUT2D eigenvalue weighted by atomic mass is 16.5. The molecule has 2 rings (SSSR count). The number of hydrogen-bond donors (Lipinski definition) is 1. The zero-order valence-electron chi connectivity index (χ0n) is 11.2. The van der Waals surface area contributed by atoms with Gasteiger partial charge in [0.25, 0.3) is 0 Å². The second-order valence-corrected chi connectivity index (χ2v) is 4.78. The number of aromatic nitrogens is 1. The first-order valence-corrected chi connectivity index (χ1v) is 6.64. The van der Waals surface area contributed by atoms with Crippen molar-refractivity contribution in [2.24, 2.45) is 0 Å². The number of ether oxygens (including phenoxy) is 1. The molecular weight excluding hydrogens is 260 g/mol. The maximum atomic E-state index is 12.2. The normalized spacial score (nSPS) is 18.8. The fourth-order valence-electron chi connectivity index (χ4n) is 2.29. The minimum absolute atomic E-state index is 0.0246.